The van der Waals surface area contributed by atoms with Gasteiger partial charge >= 0.3 is 0 Å². The first-order chi connectivity index (χ1) is 11.0. The molecule has 1 aliphatic rings. The number of thioether (sulfide) groups is 1. The Morgan fingerprint density at radius 2 is 1.91 bits per heavy atom. The maximum atomic E-state index is 11.9. The van der Waals surface area contributed by atoms with E-state index in [1.54, 1.807) is 13.3 Å². The Morgan fingerprint density at radius 3 is 2.52 bits per heavy atom. The van der Waals surface area contributed by atoms with Crippen molar-refractivity contribution in [2.45, 2.75) is 43.8 Å². The van der Waals surface area contributed by atoms with Crippen molar-refractivity contribution in [2.75, 3.05) is 26.4 Å². The van der Waals surface area contributed by atoms with Crippen LogP contribution in [0.25, 0.3) is 0 Å². The van der Waals surface area contributed by atoms with E-state index < -0.39 is 0 Å². The van der Waals surface area contributed by atoms with Gasteiger partial charge in [-0.15, -0.1) is 0 Å². The van der Waals surface area contributed by atoms with Gasteiger partial charge in [0, 0.05) is 39.4 Å². The highest BCUT2D eigenvalue weighted by atomic mass is 32.2. The standard InChI is InChI=1S/C15H25N3O4S/c1-16-12(19)6-4-3-5-8-17-13(20)7-9-18-14(21)10-11(23-2)15(18)22/h11H,3-10H2,1-2H3,(H,16,19)(H,17,20). The number of hydrogen-bond donors (Lipinski definition) is 2. The van der Waals surface area contributed by atoms with E-state index in [4.69, 9.17) is 0 Å². The lowest BCUT2D eigenvalue weighted by Crippen LogP contribution is -2.35. The lowest BCUT2D eigenvalue weighted by Gasteiger charge is -2.14. The largest absolute Gasteiger partial charge is 0.359 e. The van der Waals surface area contributed by atoms with Crippen molar-refractivity contribution >= 4 is 35.4 Å². The number of carbonyl (C=O) groups excluding carboxylic acids is 4. The van der Waals surface area contributed by atoms with Crippen LogP contribution in [0, 0.1) is 0 Å². The summed E-state index contributed by atoms with van der Waals surface area (Å²) < 4.78 is 0. The number of unbranched alkanes of at least 4 members (excludes halogenated alkanes) is 2. The number of carbonyl (C=O) groups is 4. The molecule has 4 amide bonds. The van der Waals surface area contributed by atoms with Gasteiger partial charge in [-0.2, -0.15) is 11.8 Å². The average Bonchev–Trinajstić information content (AvgIpc) is 2.82. The van der Waals surface area contributed by atoms with E-state index in [-0.39, 0.29) is 48.3 Å². The van der Waals surface area contributed by atoms with Crippen LogP contribution in [0.1, 0.15) is 38.5 Å². The minimum absolute atomic E-state index is 0.0255. The summed E-state index contributed by atoms with van der Waals surface area (Å²) in [7, 11) is 1.61. The maximum absolute atomic E-state index is 11.9. The lowest BCUT2D eigenvalue weighted by molar-refractivity contribution is -0.138. The summed E-state index contributed by atoms with van der Waals surface area (Å²) in [5, 5.41) is 5.03. The first-order valence-electron chi connectivity index (χ1n) is 7.84. The zero-order valence-electron chi connectivity index (χ0n) is 13.7. The predicted octanol–water partition coefficient (Wildman–Crippen LogP) is 0.290. The van der Waals surface area contributed by atoms with Gasteiger partial charge in [0.1, 0.15) is 0 Å². The Hall–Kier alpha value is -1.57. The number of hydrogen-bond acceptors (Lipinski definition) is 5. The Morgan fingerprint density at radius 1 is 1.17 bits per heavy atom. The van der Waals surface area contributed by atoms with Crippen LogP contribution in [0.15, 0.2) is 0 Å². The fourth-order valence-electron chi connectivity index (χ4n) is 2.31. The number of amides is 4. The molecule has 23 heavy (non-hydrogen) atoms. The summed E-state index contributed by atoms with van der Waals surface area (Å²) >= 11 is 1.37. The molecule has 0 saturated carbocycles. The van der Waals surface area contributed by atoms with Crippen LogP contribution in [-0.2, 0) is 19.2 Å². The quantitative estimate of drug-likeness (QED) is 0.439. The molecule has 8 heteroatoms. The smallest absolute Gasteiger partial charge is 0.242 e. The van der Waals surface area contributed by atoms with Crippen LogP contribution in [0.3, 0.4) is 0 Å². The minimum Gasteiger partial charge on any atom is -0.359 e. The molecule has 0 radical (unpaired) electrons. The molecule has 1 fully saturated rings. The summed E-state index contributed by atoms with van der Waals surface area (Å²) in [5.41, 5.74) is 0. The third kappa shape index (κ3) is 6.60. The monoisotopic (exact) mass is 343 g/mol. The van der Waals surface area contributed by atoms with Crippen molar-refractivity contribution in [1.29, 1.82) is 0 Å². The van der Waals surface area contributed by atoms with Crippen LogP contribution in [0.5, 0.6) is 0 Å². The maximum Gasteiger partial charge on any atom is 0.242 e. The zero-order chi connectivity index (χ0) is 17.2. The highest BCUT2D eigenvalue weighted by molar-refractivity contribution is 8.00. The number of rotatable bonds is 10. The highest BCUT2D eigenvalue weighted by Crippen LogP contribution is 2.22. The summed E-state index contributed by atoms with van der Waals surface area (Å²) in [6.07, 6.45) is 5.13. The fourth-order valence-corrected chi connectivity index (χ4v) is 2.95. The SMILES string of the molecule is CNC(=O)CCCCCNC(=O)CCN1C(=O)CC(SC)C1=O. The summed E-state index contributed by atoms with van der Waals surface area (Å²) in [6.45, 7) is 0.694. The van der Waals surface area contributed by atoms with Gasteiger partial charge < -0.3 is 10.6 Å². The van der Waals surface area contributed by atoms with Crippen molar-refractivity contribution in [1.82, 2.24) is 15.5 Å². The first kappa shape index (κ1) is 19.5. The van der Waals surface area contributed by atoms with Crippen molar-refractivity contribution in [2.24, 2.45) is 0 Å². The van der Waals surface area contributed by atoms with Gasteiger partial charge in [0.2, 0.25) is 23.6 Å². The van der Waals surface area contributed by atoms with Crippen molar-refractivity contribution in [3.8, 4) is 0 Å². The lowest BCUT2D eigenvalue weighted by atomic mass is 10.2. The van der Waals surface area contributed by atoms with E-state index in [0.717, 1.165) is 19.3 Å². The third-order valence-corrected chi connectivity index (χ3v) is 4.67. The number of nitrogens with zero attached hydrogens (tertiary/aromatic N) is 1. The molecule has 130 valence electrons. The van der Waals surface area contributed by atoms with Crippen LogP contribution in [-0.4, -0.2) is 60.2 Å². The molecular weight excluding hydrogens is 318 g/mol. The van der Waals surface area contributed by atoms with E-state index >= 15 is 0 Å². The van der Waals surface area contributed by atoms with Gasteiger partial charge in [-0.05, 0) is 19.1 Å². The molecule has 1 aliphatic heterocycles. The predicted molar refractivity (Wildman–Crippen MR) is 88.8 cm³/mol. The second-order valence-corrected chi connectivity index (χ2v) is 6.44. The summed E-state index contributed by atoms with van der Waals surface area (Å²) in [6, 6.07) is 0. The van der Waals surface area contributed by atoms with E-state index in [0.29, 0.717) is 13.0 Å². The minimum atomic E-state index is -0.300. The van der Waals surface area contributed by atoms with Crippen LogP contribution < -0.4 is 10.6 Å². The fraction of sp³-hybridized carbons (Fsp3) is 0.733. The Labute approximate surface area is 140 Å². The van der Waals surface area contributed by atoms with Crippen molar-refractivity contribution in [3.63, 3.8) is 0 Å². The van der Waals surface area contributed by atoms with Gasteiger partial charge in [0.15, 0.2) is 0 Å². The topological polar surface area (TPSA) is 95.6 Å². The van der Waals surface area contributed by atoms with Crippen LogP contribution >= 0.6 is 11.8 Å². The van der Waals surface area contributed by atoms with Gasteiger partial charge in [-0.1, -0.05) is 6.42 Å². The van der Waals surface area contributed by atoms with Crippen molar-refractivity contribution in [3.05, 3.63) is 0 Å². The normalized spacial score (nSPS) is 17.5. The Kier molecular flexibility index (Phi) is 8.68. The summed E-state index contributed by atoms with van der Waals surface area (Å²) in [4.78, 5) is 47.5. The van der Waals surface area contributed by atoms with Gasteiger partial charge in [-0.25, -0.2) is 0 Å². The van der Waals surface area contributed by atoms with Crippen LogP contribution in [0.2, 0.25) is 0 Å². The van der Waals surface area contributed by atoms with E-state index in [2.05, 4.69) is 10.6 Å². The number of imide groups is 1. The molecule has 0 bridgehead atoms. The van der Waals surface area contributed by atoms with E-state index in [1.165, 1.54) is 16.7 Å². The van der Waals surface area contributed by atoms with E-state index in [1.807, 2.05) is 0 Å². The molecule has 2 N–H and O–H groups in total. The Bertz CT molecular complexity index is 456. The molecule has 0 aromatic heterocycles. The zero-order valence-corrected chi connectivity index (χ0v) is 14.5. The first-order valence-corrected chi connectivity index (χ1v) is 9.12. The highest BCUT2D eigenvalue weighted by Gasteiger charge is 2.37. The number of nitrogens with one attached hydrogen (secondary N) is 2. The molecule has 1 rings (SSSR count). The van der Waals surface area contributed by atoms with Crippen molar-refractivity contribution < 1.29 is 19.2 Å². The molecule has 0 aliphatic carbocycles. The second kappa shape index (κ2) is 10.3. The Balaban J connectivity index is 2.12. The molecule has 1 heterocycles. The summed E-state index contributed by atoms with van der Waals surface area (Å²) in [5.74, 6) is -0.525. The molecular formula is C15H25N3O4S. The van der Waals surface area contributed by atoms with Gasteiger partial charge in [0.25, 0.3) is 0 Å². The third-order valence-electron chi connectivity index (χ3n) is 3.73. The number of likely N-dealkylation sites (tertiary alicyclic amines) is 1. The van der Waals surface area contributed by atoms with E-state index in [9.17, 15) is 19.2 Å². The molecule has 0 aromatic rings. The molecule has 0 aromatic carbocycles. The molecule has 7 nitrogen and oxygen atoms in total. The average molecular weight is 343 g/mol. The molecule has 0 spiro atoms. The molecule has 1 saturated heterocycles. The molecule has 1 atom stereocenters. The van der Waals surface area contributed by atoms with Crippen LogP contribution in [0.4, 0.5) is 0 Å². The second-order valence-electron chi connectivity index (χ2n) is 5.40. The van der Waals surface area contributed by atoms with Gasteiger partial charge in [0.05, 0.1) is 5.25 Å². The van der Waals surface area contributed by atoms with Gasteiger partial charge in [-0.3, -0.25) is 24.1 Å². The molecule has 1 unspecified atom stereocenters.